The SMILES string of the molecule is NC(c1cc(Cl)cc(Cl)c1)c1ccc(Cl)c(Cl)c1. The Hall–Kier alpha value is -0.440. The average Bonchev–Trinajstić information content (AvgIpc) is 2.30. The van der Waals surface area contributed by atoms with E-state index in [1.165, 1.54) is 0 Å². The smallest absolute Gasteiger partial charge is 0.0595 e. The summed E-state index contributed by atoms with van der Waals surface area (Å²) in [4.78, 5) is 0. The fourth-order valence-corrected chi connectivity index (χ4v) is 2.50. The molecule has 0 fully saturated rings. The molecule has 0 aliphatic heterocycles. The summed E-state index contributed by atoms with van der Waals surface area (Å²) in [5.41, 5.74) is 7.83. The molecule has 2 N–H and O–H groups in total. The van der Waals surface area contributed by atoms with Crippen molar-refractivity contribution in [2.24, 2.45) is 5.73 Å². The number of hydrogen-bond acceptors (Lipinski definition) is 1. The summed E-state index contributed by atoms with van der Waals surface area (Å²) >= 11 is 23.7. The van der Waals surface area contributed by atoms with Crippen molar-refractivity contribution in [3.05, 3.63) is 67.6 Å². The minimum Gasteiger partial charge on any atom is -0.320 e. The van der Waals surface area contributed by atoms with Crippen LogP contribution in [0.4, 0.5) is 0 Å². The highest BCUT2D eigenvalue weighted by Crippen LogP contribution is 2.30. The maximum atomic E-state index is 6.15. The molecule has 0 aliphatic carbocycles. The molecule has 2 rings (SSSR count). The first-order valence-corrected chi connectivity index (χ1v) is 6.65. The first-order valence-electron chi connectivity index (χ1n) is 5.14. The number of hydrogen-bond donors (Lipinski definition) is 1. The van der Waals surface area contributed by atoms with Gasteiger partial charge in [-0.05, 0) is 41.5 Å². The molecule has 94 valence electrons. The molecule has 1 nitrogen and oxygen atoms in total. The van der Waals surface area contributed by atoms with Gasteiger partial charge >= 0.3 is 0 Å². The Morgan fingerprint density at radius 2 is 1.33 bits per heavy atom. The van der Waals surface area contributed by atoms with E-state index in [0.29, 0.717) is 20.1 Å². The topological polar surface area (TPSA) is 26.0 Å². The zero-order chi connectivity index (χ0) is 13.3. The molecule has 0 radical (unpaired) electrons. The van der Waals surface area contributed by atoms with Crippen molar-refractivity contribution in [2.75, 3.05) is 0 Å². The Balaban J connectivity index is 2.40. The molecule has 1 atom stereocenters. The van der Waals surface area contributed by atoms with Crippen LogP contribution in [0, 0.1) is 0 Å². The lowest BCUT2D eigenvalue weighted by atomic mass is 10.00. The molecular weight excluding hydrogens is 312 g/mol. The van der Waals surface area contributed by atoms with Crippen LogP contribution < -0.4 is 5.73 Å². The van der Waals surface area contributed by atoms with E-state index in [9.17, 15) is 0 Å². The molecule has 18 heavy (non-hydrogen) atoms. The van der Waals surface area contributed by atoms with Gasteiger partial charge in [-0.25, -0.2) is 0 Å². The molecule has 0 bridgehead atoms. The Morgan fingerprint density at radius 1 is 0.722 bits per heavy atom. The summed E-state index contributed by atoms with van der Waals surface area (Å²) in [5, 5.41) is 2.07. The maximum Gasteiger partial charge on any atom is 0.0595 e. The van der Waals surface area contributed by atoms with Crippen LogP contribution >= 0.6 is 46.4 Å². The quantitative estimate of drug-likeness (QED) is 0.793. The zero-order valence-electron chi connectivity index (χ0n) is 9.13. The van der Waals surface area contributed by atoms with Gasteiger partial charge in [0.25, 0.3) is 0 Å². The monoisotopic (exact) mass is 319 g/mol. The number of benzene rings is 2. The Morgan fingerprint density at radius 3 is 1.89 bits per heavy atom. The van der Waals surface area contributed by atoms with E-state index in [4.69, 9.17) is 52.1 Å². The molecule has 0 amide bonds. The standard InChI is InChI=1S/C13H9Cl4N/c14-9-3-8(4-10(15)6-9)13(18)7-1-2-11(16)12(17)5-7/h1-6,13H,18H2. The minimum atomic E-state index is -0.351. The molecule has 0 spiro atoms. The van der Waals surface area contributed by atoms with Crippen molar-refractivity contribution in [1.82, 2.24) is 0 Å². The van der Waals surface area contributed by atoms with E-state index in [2.05, 4.69) is 0 Å². The van der Waals surface area contributed by atoms with Gasteiger partial charge in [-0.2, -0.15) is 0 Å². The molecule has 0 aromatic heterocycles. The second-order valence-electron chi connectivity index (χ2n) is 3.85. The number of rotatable bonds is 2. The summed E-state index contributed by atoms with van der Waals surface area (Å²) < 4.78 is 0. The third kappa shape index (κ3) is 3.11. The Labute approximate surface area is 125 Å². The molecule has 2 aromatic carbocycles. The fourth-order valence-electron chi connectivity index (χ4n) is 1.65. The molecule has 1 unspecified atom stereocenters. The summed E-state index contributed by atoms with van der Waals surface area (Å²) in [5.74, 6) is 0. The third-order valence-electron chi connectivity index (χ3n) is 2.55. The van der Waals surface area contributed by atoms with Gasteiger partial charge in [-0.1, -0.05) is 52.5 Å². The molecule has 2 aromatic rings. The van der Waals surface area contributed by atoms with Crippen molar-refractivity contribution in [3.8, 4) is 0 Å². The summed E-state index contributed by atoms with van der Waals surface area (Å²) in [6, 6.07) is 10.1. The van der Waals surface area contributed by atoms with E-state index in [-0.39, 0.29) is 6.04 Å². The van der Waals surface area contributed by atoms with Crippen LogP contribution in [0.5, 0.6) is 0 Å². The van der Waals surface area contributed by atoms with Crippen molar-refractivity contribution in [1.29, 1.82) is 0 Å². The normalized spacial score (nSPS) is 12.5. The lowest BCUT2D eigenvalue weighted by Crippen LogP contribution is -2.11. The van der Waals surface area contributed by atoms with Crippen molar-refractivity contribution in [2.45, 2.75) is 6.04 Å². The van der Waals surface area contributed by atoms with E-state index in [1.807, 2.05) is 6.07 Å². The highest BCUT2D eigenvalue weighted by atomic mass is 35.5. The lowest BCUT2D eigenvalue weighted by Gasteiger charge is -2.14. The van der Waals surface area contributed by atoms with E-state index < -0.39 is 0 Å². The lowest BCUT2D eigenvalue weighted by molar-refractivity contribution is 0.872. The highest BCUT2D eigenvalue weighted by molar-refractivity contribution is 6.42. The fraction of sp³-hybridized carbons (Fsp3) is 0.0769. The molecule has 0 saturated heterocycles. The van der Waals surface area contributed by atoms with Gasteiger partial charge in [-0.15, -0.1) is 0 Å². The van der Waals surface area contributed by atoms with Gasteiger partial charge in [0.2, 0.25) is 0 Å². The Kier molecular flexibility index (Phi) is 4.41. The molecule has 0 heterocycles. The molecule has 0 saturated carbocycles. The van der Waals surface area contributed by atoms with Crippen LogP contribution in [0.15, 0.2) is 36.4 Å². The maximum absolute atomic E-state index is 6.15. The molecule has 5 heteroatoms. The second-order valence-corrected chi connectivity index (χ2v) is 5.54. The van der Waals surface area contributed by atoms with Crippen LogP contribution in [0.25, 0.3) is 0 Å². The first-order chi connectivity index (χ1) is 8.47. The largest absolute Gasteiger partial charge is 0.320 e. The van der Waals surface area contributed by atoms with Crippen LogP contribution in [0.3, 0.4) is 0 Å². The average molecular weight is 321 g/mol. The predicted molar refractivity (Wildman–Crippen MR) is 79.0 cm³/mol. The number of halogens is 4. The summed E-state index contributed by atoms with van der Waals surface area (Å²) in [6.45, 7) is 0. The second kappa shape index (κ2) is 5.68. The van der Waals surface area contributed by atoms with Gasteiger partial charge < -0.3 is 5.73 Å². The van der Waals surface area contributed by atoms with Crippen LogP contribution in [0.1, 0.15) is 17.2 Å². The van der Waals surface area contributed by atoms with Gasteiger partial charge in [0, 0.05) is 10.0 Å². The summed E-state index contributed by atoms with van der Waals surface area (Å²) in [6.07, 6.45) is 0. The van der Waals surface area contributed by atoms with Gasteiger partial charge in [0.1, 0.15) is 0 Å². The van der Waals surface area contributed by atoms with E-state index in [1.54, 1.807) is 30.3 Å². The van der Waals surface area contributed by atoms with Crippen LogP contribution in [-0.2, 0) is 0 Å². The first kappa shape index (κ1) is 14.0. The van der Waals surface area contributed by atoms with E-state index in [0.717, 1.165) is 11.1 Å². The van der Waals surface area contributed by atoms with Crippen LogP contribution in [0.2, 0.25) is 20.1 Å². The van der Waals surface area contributed by atoms with Gasteiger partial charge in [0.15, 0.2) is 0 Å². The summed E-state index contributed by atoms with van der Waals surface area (Å²) in [7, 11) is 0. The molecular formula is C13H9Cl4N. The predicted octanol–water partition coefficient (Wildman–Crippen LogP) is 5.35. The van der Waals surface area contributed by atoms with Crippen molar-refractivity contribution in [3.63, 3.8) is 0 Å². The van der Waals surface area contributed by atoms with E-state index >= 15 is 0 Å². The third-order valence-corrected chi connectivity index (χ3v) is 3.72. The van der Waals surface area contributed by atoms with Crippen molar-refractivity contribution < 1.29 is 0 Å². The van der Waals surface area contributed by atoms with Crippen LogP contribution in [-0.4, -0.2) is 0 Å². The van der Waals surface area contributed by atoms with Crippen molar-refractivity contribution >= 4 is 46.4 Å². The number of nitrogens with two attached hydrogens (primary N) is 1. The Bertz CT molecular complexity index is 563. The van der Waals surface area contributed by atoms with Gasteiger partial charge in [-0.3, -0.25) is 0 Å². The zero-order valence-corrected chi connectivity index (χ0v) is 12.2. The minimum absolute atomic E-state index is 0.351. The molecule has 0 aliphatic rings. The highest BCUT2D eigenvalue weighted by Gasteiger charge is 2.12. The van der Waals surface area contributed by atoms with Gasteiger partial charge in [0.05, 0.1) is 16.1 Å².